The van der Waals surface area contributed by atoms with Gasteiger partial charge in [-0.05, 0) is 42.7 Å². The standard InChI is InChI=1S/C21H21N5O/c1-13(2)12-26-20-17(11-16-5-4-14(3)10-18(16)23-20)19(25-26)24-21(27)15-6-8-22-9-7-15/h4-11,13H,12H2,1-3H3,(H,24,25,27). The van der Waals surface area contributed by atoms with Crippen LogP contribution < -0.4 is 5.32 Å². The lowest BCUT2D eigenvalue weighted by molar-refractivity contribution is 0.102. The van der Waals surface area contributed by atoms with Gasteiger partial charge in [-0.15, -0.1) is 0 Å². The van der Waals surface area contributed by atoms with E-state index in [4.69, 9.17) is 4.98 Å². The second-order valence-corrected chi connectivity index (χ2v) is 7.17. The molecule has 0 spiro atoms. The minimum Gasteiger partial charge on any atom is -0.304 e. The Morgan fingerprint density at radius 2 is 1.93 bits per heavy atom. The lowest BCUT2D eigenvalue weighted by atomic mass is 10.1. The molecular weight excluding hydrogens is 338 g/mol. The van der Waals surface area contributed by atoms with Crippen molar-refractivity contribution in [3.8, 4) is 0 Å². The first-order valence-electron chi connectivity index (χ1n) is 9.00. The number of fused-ring (bicyclic) bond motifs is 2. The first-order chi connectivity index (χ1) is 13.0. The van der Waals surface area contributed by atoms with E-state index in [-0.39, 0.29) is 5.91 Å². The maximum absolute atomic E-state index is 12.6. The van der Waals surface area contributed by atoms with Crippen LogP contribution in [0.25, 0.3) is 21.9 Å². The van der Waals surface area contributed by atoms with Crippen LogP contribution in [0.1, 0.15) is 29.8 Å². The summed E-state index contributed by atoms with van der Waals surface area (Å²) in [6, 6.07) is 11.6. The predicted molar refractivity (Wildman–Crippen MR) is 107 cm³/mol. The lowest BCUT2D eigenvalue weighted by Crippen LogP contribution is -2.13. The third-order valence-electron chi connectivity index (χ3n) is 4.39. The van der Waals surface area contributed by atoms with E-state index in [0.29, 0.717) is 17.3 Å². The Hall–Kier alpha value is -3.28. The first-order valence-corrected chi connectivity index (χ1v) is 9.00. The highest BCUT2D eigenvalue weighted by molar-refractivity contribution is 6.08. The second-order valence-electron chi connectivity index (χ2n) is 7.17. The van der Waals surface area contributed by atoms with Crippen LogP contribution in [0.15, 0.2) is 48.8 Å². The Morgan fingerprint density at radius 3 is 2.67 bits per heavy atom. The molecular formula is C21H21N5O. The van der Waals surface area contributed by atoms with Gasteiger partial charge in [0.2, 0.25) is 0 Å². The molecule has 136 valence electrons. The van der Waals surface area contributed by atoms with Crippen molar-refractivity contribution in [1.82, 2.24) is 19.7 Å². The molecule has 0 aliphatic carbocycles. The minimum absolute atomic E-state index is 0.211. The molecule has 0 saturated carbocycles. The van der Waals surface area contributed by atoms with E-state index in [0.717, 1.165) is 34.0 Å². The van der Waals surface area contributed by atoms with Gasteiger partial charge in [-0.3, -0.25) is 9.78 Å². The zero-order valence-corrected chi connectivity index (χ0v) is 15.6. The fourth-order valence-electron chi connectivity index (χ4n) is 3.11. The van der Waals surface area contributed by atoms with E-state index in [9.17, 15) is 4.79 Å². The number of nitrogens with zero attached hydrogens (tertiary/aromatic N) is 4. The summed E-state index contributed by atoms with van der Waals surface area (Å²) < 4.78 is 1.88. The van der Waals surface area contributed by atoms with E-state index in [1.165, 1.54) is 0 Å². The number of hydrogen-bond acceptors (Lipinski definition) is 4. The van der Waals surface area contributed by atoms with Gasteiger partial charge in [-0.25, -0.2) is 9.67 Å². The van der Waals surface area contributed by atoms with Crippen LogP contribution in [-0.2, 0) is 6.54 Å². The number of amides is 1. The van der Waals surface area contributed by atoms with Crippen LogP contribution in [0.3, 0.4) is 0 Å². The van der Waals surface area contributed by atoms with Gasteiger partial charge in [0, 0.05) is 29.9 Å². The van der Waals surface area contributed by atoms with Crippen molar-refractivity contribution in [2.45, 2.75) is 27.3 Å². The van der Waals surface area contributed by atoms with Crippen LogP contribution in [0, 0.1) is 12.8 Å². The molecule has 4 rings (SSSR count). The number of benzene rings is 1. The van der Waals surface area contributed by atoms with Crippen molar-refractivity contribution >= 4 is 33.7 Å². The first kappa shape index (κ1) is 17.1. The number of anilines is 1. The number of aryl methyl sites for hydroxylation is 1. The Balaban J connectivity index is 1.84. The van der Waals surface area contributed by atoms with Gasteiger partial charge in [-0.1, -0.05) is 26.0 Å². The zero-order chi connectivity index (χ0) is 19.0. The number of hydrogen-bond donors (Lipinski definition) is 1. The van der Waals surface area contributed by atoms with Crippen molar-refractivity contribution in [2.24, 2.45) is 5.92 Å². The number of nitrogens with one attached hydrogen (secondary N) is 1. The molecule has 3 aromatic heterocycles. The molecule has 6 heteroatoms. The van der Waals surface area contributed by atoms with Crippen LogP contribution in [0.4, 0.5) is 5.82 Å². The normalized spacial score (nSPS) is 11.4. The molecule has 1 amide bonds. The van der Waals surface area contributed by atoms with Gasteiger partial charge in [0.15, 0.2) is 11.5 Å². The van der Waals surface area contributed by atoms with Crippen molar-refractivity contribution in [3.05, 3.63) is 59.9 Å². The third kappa shape index (κ3) is 3.38. The van der Waals surface area contributed by atoms with Gasteiger partial charge >= 0.3 is 0 Å². The summed E-state index contributed by atoms with van der Waals surface area (Å²) in [5.74, 6) is 0.729. The molecule has 0 aliphatic heterocycles. The Morgan fingerprint density at radius 1 is 1.15 bits per heavy atom. The second kappa shape index (κ2) is 6.79. The summed E-state index contributed by atoms with van der Waals surface area (Å²) in [6.45, 7) is 7.05. The summed E-state index contributed by atoms with van der Waals surface area (Å²) in [6.07, 6.45) is 3.20. The minimum atomic E-state index is -0.211. The molecule has 4 aromatic rings. The maximum Gasteiger partial charge on any atom is 0.256 e. The summed E-state index contributed by atoms with van der Waals surface area (Å²) in [7, 11) is 0. The smallest absolute Gasteiger partial charge is 0.256 e. The Kier molecular flexibility index (Phi) is 4.32. The van der Waals surface area contributed by atoms with Gasteiger partial charge < -0.3 is 5.32 Å². The number of rotatable bonds is 4. The van der Waals surface area contributed by atoms with Crippen LogP contribution >= 0.6 is 0 Å². The van der Waals surface area contributed by atoms with Crippen molar-refractivity contribution in [2.75, 3.05) is 5.32 Å². The van der Waals surface area contributed by atoms with E-state index >= 15 is 0 Å². The van der Waals surface area contributed by atoms with Crippen molar-refractivity contribution < 1.29 is 4.79 Å². The zero-order valence-electron chi connectivity index (χ0n) is 15.6. The maximum atomic E-state index is 12.6. The highest BCUT2D eigenvalue weighted by Gasteiger charge is 2.17. The van der Waals surface area contributed by atoms with Gasteiger partial charge in [0.05, 0.1) is 10.9 Å². The summed E-state index contributed by atoms with van der Waals surface area (Å²) >= 11 is 0. The van der Waals surface area contributed by atoms with Crippen LogP contribution in [0.2, 0.25) is 0 Å². The summed E-state index contributed by atoms with van der Waals surface area (Å²) in [4.78, 5) is 21.4. The fraction of sp³-hybridized carbons (Fsp3) is 0.238. The molecule has 0 atom stereocenters. The quantitative estimate of drug-likeness (QED) is 0.593. The third-order valence-corrected chi connectivity index (χ3v) is 4.39. The molecule has 1 aromatic carbocycles. The molecule has 1 N–H and O–H groups in total. The van der Waals surface area contributed by atoms with E-state index < -0.39 is 0 Å². The fourth-order valence-corrected chi connectivity index (χ4v) is 3.11. The molecule has 3 heterocycles. The summed E-state index contributed by atoms with van der Waals surface area (Å²) in [5.41, 5.74) is 3.42. The van der Waals surface area contributed by atoms with E-state index in [1.54, 1.807) is 24.5 Å². The molecule has 0 radical (unpaired) electrons. The molecule has 6 nitrogen and oxygen atoms in total. The average Bonchev–Trinajstić information content (AvgIpc) is 2.96. The van der Waals surface area contributed by atoms with Crippen molar-refractivity contribution in [1.29, 1.82) is 0 Å². The number of carbonyl (C=O) groups is 1. The molecule has 0 unspecified atom stereocenters. The summed E-state index contributed by atoms with van der Waals surface area (Å²) in [5, 5.41) is 9.45. The molecule has 0 bridgehead atoms. The molecule has 0 fully saturated rings. The van der Waals surface area contributed by atoms with E-state index in [1.807, 2.05) is 16.8 Å². The predicted octanol–water partition coefficient (Wildman–Crippen LogP) is 4.20. The molecule has 0 saturated heterocycles. The van der Waals surface area contributed by atoms with E-state index in [2.05, 4.69) is 48.3 Å². The Bertz CT molecular complexity index is 1130. The number of aromatic nitrogens is 4. The van der Waals surface area contributed by atoms with Crippen molar-refractivity contribution in [3.63, 3.8) is 0 Å². The monoisotopic (exact) mass is 359 g/mol. The van der Waals surface area contributed by atoms with Gasteiger partial charge in [-0.2, -0.15) is 5.10 Å². The topological polar surface area (TPSA) is 72.7 Å². The average molecular weight is 359 g/mol. The van der Waals surface area contributed by atoms with Crippen LogP contribution in [-0.4, -0.2) is 25.7 Å². The largest absolute Gasteiger partial charge is 0.304 e. The lowest BCUT2D eigenvalue weighted by Gasteiger charge is -2.06. The highest BCUT2D eigenvalue weighted by atomic mass is 16.1. The molecule has 0 aliphatic rings. The van der Waals surface area contributed by atoms with Gasteiger partial charge in [0.25, 0.3) is 5.91 Å². The van der Waals surface area contributed by atoms with Gasteiger partial charge in [0.1, 0.15) is 0 Å². The molecule has 27 heavy (non-hydrogen) atoms. The SMILES string of the molecule is Cc1ccc2cc3c(NC(=O)c4ccncc4)nn(CC(C)C)c3nc2c1. The van der Waals surface area contributed by atoms with Crippen LogP contribution in [0.5, 0.6) is 0 Å². The number of carbonyl (C=O) groups excluding carboxylic acids is 1. The number of pyridine rings is 2. The Labute approximate surface area is 157 Å². The highest BCUT2D eigenvalue weighted by Crippen LogP contribution is 2.27.